The van der Waals surface area contributed by atoms with E-state index in [2.05, 4.69) is 5.32 Å². The standard InChI is InChI=1S/C24H17FN2O4S/c1-30-21-12-7-16(25)13-15(21)14-20-22(28)26-24(32)27(23(20)29)17-8-10-19(11-9-17)31-18-5-3-2-4-6-18/h2-14H,1H3,(H,26,28,32)/b20-14+. The molecule has 1 aliphatic rings. The first-order chi connectivity index (χ1) is 15.5. The maximum Gasteiger partial charge on any atom is 0.270 e. The van der Waals surface area contributed by atoms with E-state index in [1.54, 1.807) is 24.3 Å². The molecule has 160 valence electrons. The lowest BCUT2D eigenvalue weighted by molar-refractivity contribution is -0.122. The zero-order chi connectivity index (χ0) is 22.7. The van der Waals surface area contributed by atoms with Crippen molar-refractivity contribution in [3.05, 3.63) is 89.8 Å². The number of amides is 2. The van der Waals surface area contributed by atoms with Gasteiger partial charge in [0.2, 0.25) is 0 Å². The van der Waals surface area contributed by atoms with Crippen LogP contribution in [-0.2, 0) is 9.59 Å². The van der Waals surface area contributed by atoms with Crippen molar-refractivity contribution in [1.82, 2.24) is 5.32 Å². The molecule has 1 saturated heterocycles. The minimum absolute atomic E-state index is 0.0555. The Morgan fingerprint density at radius 3 is 2.34 bits per heavy atom. The predicted molar refractivity (Wildman–Crippen MR) is 122 cm³/mol. The number of ether oxygens (including phenoxy) is 2. The monoisotopic (exact) mass is 448 g/mol. The van der Waals surface area contributed by atoms with Crippen LogP contribution in [0.3, 0.4) is 0 Å². The van der Waals surface area contributed by atoms with E-state index in [1.165, 1.54) is 36.3 Å². The van der Waals surface area contributed by atoms with Gasteiger partial charge in [0.05, 0.1) is 12.8 Å². The molecule has 0 unspecified atom stereocenters. The third-order valence-electron chi connectivity index (χ3n) is 4.67. The van der Waals surface area contributed by atoms with E-state index in [1.807, 2.05) is 30.3 Å². The molecule has 0 spiro atoms. The molecule has 0 aromatic heterocycles. The number of carbonyl (C=O) groups is 2. The molecule has 6 nitrogen and oxygen atoms in total. The number of nitrogens with zero attached hydrogens (tertiary/aromatic N) is 1. The van der Waals surface area contributed by atoms with Crippen LogP contribution in [0.25, 0.3) is 6.08 Å². The second kappa shape index (κ2) is 8.99. The lowest BCUT2D eigenvalue weighted by Gasteiger charge is -2.29. The van der Waals surface area contributed by atoms with Crippen LogP contribution in [-0.4, -0.2) is 24.0 Å². The van der Waals surface area contributed by atoms with Gasteiger partial charge >= 0.3 is 0 Å². The topological polar surface area (TPSA) is 67.9 Å². The van der Waals surface area contributed by atoms with Crippen LogP contribution in [0.1, 0.15) is 5.56 Å². The van der Waals surface area contributed by atoms with E-state index >= 15 is 0 Å². The van der Waals surface area contributed by atoms with Gasteiger partial charge in [-0.15, -0.1) is 0 Å². The Bertz CT molecular complexity index is 1230. The first-order valence-electron chi connectivity index (χ1n) is 9.54. The van der Waals surface area contributed by atoms with Gasteiger partial charge in [-0.3, -0.25) is 19.8 Å². The highest BCUT2D eigenvalue weighted by Crippen LogP contribution is 2.28. The van der Waals surface area contributed by atoms with Crippen molar-refractivity contribution in [3.8, 4) is 17.2 Å². The Morgan fingerprint density at radius 2 is 1.66 bits per heavy atom. The second-order valence-corrected chi connectivity index (χ2v) is 7.14. The largest absolute Gasteiger partial charge is 0.496 e. The number of methoxy groups -OCH3 is 1. The van der Waals surface area contributed by atoms with Crippen molar-refractivity contribution in [2.24, 2.45) is 0 Å². The van der Waals surface area contributed by atoms with Gasteiger partial charge in [-0.2, -0.15) is 0 Å². The number of rotatable bonds is 5. The molecule has 0 aliphatic carbocycles. The molecule has 1 N–H and O–H groups in total. The Balaban J connectivity index is 1.63. The Morgan fingerprint density at radius 1 is 0.969 bits per heavy atom. The molecule has 8 heteroatoms. The van der Waals surface area contributed by atoms with Crippen molar-refractivity contribution in [2.45, 2.75) is 0 Å². The molecule has 32 heavy (non-hydrogen) atoms. The van der Waals surface area contributed by atoms with Crippen LogP contribution in [0.5, 0.6) is 17.2 Å². The van der Waals surface area contributed by atoms with Gasteiger partial charge in [0.25, 0.3) is 11.8 Å². The zero-order valence-electron chi connectivity index (χ0n) is 16.9. The van der Waals surface area contributed by atoms with Crippen molar-refractivity contribution >= 4 is 40.9 Å². The maximum atomic E-state index is 13.7. The molecular weight excluding hydrogens is 431 g/mol. The van der Waals surface area contributed by atoms with Gasteiger partial charge in [-0.05, 0) is 72.9 Å². The van der Waals surface area contributed by atoms with Crippen molar-refractivity contribution < 1.29 is 23.5 Å². The molecule has 4 rings (SSSR count). The Kier molecular flexibility index (Phi) is 5.96. The van der Waals surface area contributed by atoms with E-state index < -0.39 is 17.6 Å². The molecule has 0 atom stereocenters. The minimum atomic E-state index is -0.674. The summed E-state index contributed by atoms with van der Waals surface area (Å²) >= 11 is 5.22. The fourth-order valence-corrected chi connectivity index (χ4v) is 3.43. The third kappa shape index (κ3) is 4.35. The van der Waals surface area contributed by atoms with E-state index in [0.717, 1.165) is 0 Å². The van der Waals surface area contributed by atoms with Crippen LogP contribution < -0.4 is 19.7 Å². The average Bonchev–Trinajstić information content (AvgIpc) is 2.78. The number of thiocarbonyl (C=S) groups is 1. The van der Waals surface area contributed by atoms with E-state index in [4.69, 9.17) is 21.7 Å². The highest BCUT2D eigenvalue weighted by Gasteiger charge is 2.34. The Hall–Kier alpha value is -4.04. The van der Waals surface area contributed by atoms with Crippen LogP contribution in [0.4, 0.5) is 10.1 Å². The number of carbonyl (C=O) groups excluding carboxylic acids is 2. The van der Waals surface area contributed by atoms with Gasteiger partial charge in [0, 0.05) is 5.56 Å². The molecule has 3 aromatic rings. The third-order valence-corrected chi connectivity index (χ3v) is 4.95. The second-order valence-electron chi connectivity index (χ2n) is 6.75. The summed E-state index contributed by atoms with van der Waals surface area (Å²) in [5.41, 5.74) is 0.495. The first kappa shape index (κ1) is 21.2. The van der Waals surface area contributed by atoms with Crippen molar-refractivity contribution in [3.63, 3.8) is 0 Å². The van der Waals surface area contributed by atoms with E-state index in [-0.39, 0.29) is 16.2 Å². The molecule has 0 bridgehead atoms. The molecule has 3 aromatic carbocycles. The number of hydrogen-bond acceptors (Lipinski definition) is 5. The molecular formula is C24H17FN2O4S. The predicted octanol–water partition coefficient (Wildman–Crippen LogP) is 4.46. The van der Waals surface area contributed by atoms with Gasteiger partial charge in [0.1, 0.15) is 28.6 Å². The van der Waals surface area contributed by atoms with Gasteiger partial charge in [-0.1, -0.05) is 18.2 Å². The lowest BCUT2D eigenvalue weighted by Crippen LogP contribution is -2.54. The van der Waals surface area contributed by atoms with E-state index in [0.29, 0.717) is 22.9 Å². The summed E-state index contributed by atoms with van der Waals surface area (Å²) < 4.78 is 24.7. The normalized spacial score (nSPS) is 15.0. The van der Waals surface area contributed by atoms with Crippen LogP contribution >= 0.6 is 12.2 Å². The summed E-state index contributed by atoms with van der Waals surface area (Å²) in [6.45, 7) is 0. The van der Waals surface area contributed by atoms with Gasteiger partial charge < -0.3 is 9.47 Å². The molecule has 1 fully saturated rings. The number of benzene rings is 3. The number of hydrogen-bond donors (Lipinski definition) is 1. The SMILES string of the molecule is COc1ccc(F)cc1/C=C1\C(=O)NC(=S)N(c2ccc(Oc3ccccc3)cc2)C1=O. The van der Waals surface area contributed by atoms with Crippen LogP contribution in [0.15, 0.2) is 78.4 Å². The summed E-state index contributed by atoms with van der Waals surface area (Å²) in [6.07, 6.45) is 1.28. The van der Waals surface area contributed by atoms with Crippen LogP contribution in [0, 0.1) is 5.82 Å². The zero-order valence-corrected chi connectivity index (χ0v) is 17.7. The fraction of sp³-hybridized carbons (Fsp3) is 0.0417. The number of anilines is 1. The Labute approximate surface area is 188 Å². The van der Waals surface area contributed by atoms with Crippen molar-refractivity contribution in [1.29, 1.82) is 0 Å². The summed E-state index contributed by atoms with van der Waals surface area (Å²) in [5.74, 6) is -0.274. The summed E-state index contributed by atoms with van der Waals surface area (Å²) in [4.78, 5) is 26.8. The highest BCUT2D eigenvalue weighted by molar-refractivity contribution is 7.80. The van der Waals surface area contributed by atoms with Crippen molar-refractivity contribution in [2.75, 3.05) is 12.0 Å². The van der Waals surface area contributed by atoms with Crippen LogP contribution in [0.2, 0.25) is 0 Å². The summed E-state index contributed by atoms with van der Waals surface area (Å²) in [5, 5.41) is 2.44. The number of para-hydroxylation sites is 1. The number of nitrogens with one attached hydrogen (secondary N) is 1. The number of halogens is 1. The maximum absolute atomic E-state index is 13.7. The summed E-state index contributed by atoms with van der Waals surface area (Å²) in [6, 6.07) is 19.8. The fourth-order valence-electron chi connectivity index (χ4n) is 3.15. The quantitative estimate of drug-likeness (QED) is 0.355. The minimum Gasteiger partial charge on any atom is -0.496 e. The molecule has 0 saturated carbocycles. The molecule has 1 aliphatic heterocycles. The average molecular weight is 448 g/mol. The molecule has 0 radical (unpaired) electrons. The first-order valence-corrected chi connectivity index (χ1v) is 9.95. The highest BCUT2D eigenvalue weighted by atomic mass is 32.1. The van der Waals surface area contributed by atoms with E-state index in [9.17, 15) is 14.0 Å². The lowest BCUT2D eigenvalue weighted by atomic mass is 10.1. The van der Waals surface area contributed by atoms with Gasteiger partial charge in [-0.25, -0.2) is 4.39 Å². The molecule has 1 heterocycles. The summed E-state index contributed by atoms with van der Waals surface area (Å²) in [7, 11) is 1.42. The molecule has 2 amide bonds. The van der Waals surface area contributed by atoms with Gasteiger partial charge in [0.15, 0.2) is 5.11 Å². The smallest absolute Gasteiger partial charge is 0.270 e.